The Morgan fingerprint density at radius 2 is 1.63 bits per heavy atom. The van der Waals surface area contributed by atoms with Gasteiger partial charge in [-0.15, -0.1) is 12.4 Å². The molecule has 3 rings (SSSR count). The molecule has 1 atom stereocenters. The molecule has 0 bridgehead atoms. The molecule has 0 aliphatic rings. The Labute approximate surface area is 169 Å². The van der Waals surface area contributed by atoms with Crippen LogP contribution in [0.5, 0.6) is 17.2 Å². The van der Waals surface area contributed by atoms with Gasteiger partial charge in [0.25, 0.3) is 0 Å². The highest BCUT2D eigenvalue weighted by atomic mass is 35.5. The molecular weight excluding hydrogens is 388 g/mol. The van der Waals surface area contributed by atoms with E-state index in [4.69, 9.17) is 26.8 Å². The van der Waals surface area contributed by atoms with Gasteiger partial charge < -0.3 is 15.2 Å². The first-order valence-corrected chi connectivity index (χ1v) is 8.64. The van der Waals surface area contributed by atoms with Crippen LogP contribution in [0.1, 0.15) is 5.56 Å². The van der Waals surface area contributed by atoms with Gasteiger partial charge in [0.1, 0.15) is 12.4 Å². The molecule has 3 aromatic carbocycles. The van der Waals surface area contributed by atoms with E-state index in [1.54, 1.807) is 36.4 Å². The molecule has 0 fully saturated rings. The lowest BCUT2D eigenvalue weighted by Crippen LogP contribution is -2.30. The number of halogens is 3. The summed E-state index contributed by atoms with van der Waals surface area (Å²) < 4.78 is 25.6. The summed E-state index contributed by atoms with van der Waals surface area (Å²) in [5.41, 5.74) is 7.26. The number of nitrogens with two attached hydrogens (primary N) is 1. The van der Waals surface area contributed by atoms with Crippen LogP contribution in [0.2, 0.25) is 5.02 Å². The number of hydrogen-bond donors (Lipinski definition) is 1. The molecule has 3 aromatic rings. The third-order valence-corrected chi connectivity index (χ3v) is 4.01. The summed E-state index contributed by atoms with van der Waals surface area (Å²) >= 11 is 5.86. The predicted octanol–water partition coefficient (Wildman–Crippen LogP) is 5.64. The third-order valence-electron chi connectivity index (χ3n) is 3.76. The van der Waals surface area contributed by atoms with E-state index in [0.29, 0.717) is 22.9 Å². The van der Waals surface area contributed by atoms with Gasteiger partial charge in [0.15, 0.2) is 11.6 Å². The summed E-state index contributed by atoms with van der Waals surface area (Å²) in [7, 11) is 0. The molecule has 0 saturated carbocycles. The van der Waals surface area contributed by atoms with Crippen LogP contribution in [0.4, 0.5) is 4.39 Å². The van der Waals surface area contributed by atoms with E-state index in [-0.39, 0.29) is 30.8 Å². The predicted molar refractivity (Wildman–Crippen MR) is 109 cm³/mol. The van der Waals surface area contributed by atoms with Gasteiger partial charge in [0.05, 0.1) is 0 Å². The zero-order chi connectivity index (χ0) is 18.4. The first kappa shape index (κ1) is 21.0. The van der Waals surface area contributed by atoms with Crippen molar-refractivity contribution in [1.82, 2.24) is 0 Å². The first-order valence-electron chi connectivity index (χ1n) is 8.26. The van der Waals surface area contributed by atoms with Crippen LogP contribution in [0.15, 0.2) is 72.8 Å². The Bertz CT molecular complexity index is 845. The molecule has 6 heteroatoms. The van der Waals surface area contributed by atoms with Crippen LogP contribution in [0.3, 0.4) is 0 Å². The standard InChI is InChI=1S/C21H19ClFNO2.ClH/c22-16-9-11-18(12-10-16)26-21-19(23)7-4-8-20(21)25-14-17(24)13-15-5-2-1-3-6-15;/h1-12,17H,13-14,24H2;1H/t17-;/m0./s1. The van der Waals surface area contributed by atoms with Gasteiger partial charge in [0, 0.05) is 11.1 Å². The SMILES string of the molecule is Cl.N[C@H](COc1cccc(F)c1Oc1ccc(Cl)cc1)Cc1ccccc1. The van der Waals surface area contributed by atoms with Gasteiger partial charge >= 0.3 is 0 Å². The summed E-state index contributed by atoms with van der Waals surface area (Å²) in [6, 6.07) is 20.9. The fourth-order valence-electron chi connectivity index (χ4n) is 2.49. The monoisotopic (exact) mass is 407 g/mol. The van der Waals surface area contributed by atoms with Gasteiger partial charge in [-0.2, -0.15) is 0 Å². The van der Waals surface area contributed by atoms with Crippen LogP contribution >= 0.6 is 24.0 Å². The molecule has 0 spiro atoms. The van der Waals surface area contributed by atoms with Crippen molar-refractivity contribution in [3.63, 3.8) is 0 Å². The molecular formula is C21H20Cl2FNO2. The minimum absolute atomic E-state index is 0. The molecule has 0 radical (unpaired) electrons. The van der Waals surface area contributed by atoms with Crippen LogP contribution in [-0.4, -0.2) is 12.6 Å². The highest BCUT2D eigenvalue weighted by molar-refractivity contribution is 6.30. The zero-order valence-electron chi connectivity index (χ0n) is 14.5. The van der Waals surface area contributed by atoms with Crippen LogP contribution in [-0.2, 0) is 6.42 Å². The summed E-state index contributed by atoms with van der Waals surface area (Å²) in [6.45, 7) is 0.245. The van der Waals surface area contributed by atoms with Crippen LogP contribution < -0.4 is 15.2 Å². The second-order valence-corrected chi connectivity index (χ2v) is 6.32. The Morgan fingerprint density at radius 1 is 0.926 bits per heavy atom. The third kappa shape index (κ3) is 6.14. The number of rotatable bonds is 7. The number of ether oxygens (including phenoxy) is 2. The smallest absolute Gasteiger partial charge is 0.204 e. The van der Waals surface area contributed by atoms with Crippen molar-refractivity contribution >= 4 is 24.0 Å². The second-order valence-electron chi connectivity index (χ2n) is 5.88. The van der Waals surface area contributed by atoms with E-state index in [9.17, 15) is 4.39 Å². The molecule has 0 heterocycles. The molecule has 3 nitrogen and oxygen atoms in total. The summed E-state index contributed by atoms with van der Waals surface area (Å²) in [6.07, 6.45) is 0.670. The van der Waals surface area contributed by atoms with Crippen LogP contribution in [0, 0.1) is 5.82 Å². The topological polar surface area (TPSA) is 44.5 Å². The maximum absolute atomic E-state index is 14.2. The quantitative estimate of drug-likeness (QED) is 0.550. The van der Waals surface area contributed by atoms with Crippen LogP contribution in [0.25, 0.3) is 0 Å². The average molecular weight is 408 g/mol. The largest absolute Gasteiger partial charge is 0.488 e. The lowest BCUT2D eigenvalue weighted by molar-refractivity contribution is 0.272. The first-order chi connectivity index (χ1) is 12.6. The van der Waals surface area contributed by atoms with Gasteiger partial charge in [-0.05, 0) is 48.4 Å². The minimum atomic E-state index is -0.505. The Morgan fingerprint density at radius 3 is 2.33 bits per heavy atom. The molecule has 27 heavy (non-hydrogen) atoms. The van der Waals surface area contributed by atoms with E-state index in [1.807, 2.05) is 30.3 Å². The highest BCUT2D eigenvalue weighted by Gasteiger charge is 2.14. The molecule has 142 valence electrons. The van der Waals surface area contributed by atoms with Crippen molar-refractivity contribution in [2.24, 2.45) is 5.73 Å². The number of benzene rings is 3. The van der Waals surface area contributed by atoms with E-state index >= 15 is 0 Å². The molecule has 0 aromatic heterocycles. The van der Waals surface area contributed by atoms with Crippen molar-refractivity contribution in [2.45, 2.75) is 12.5 Å². The normalized spacial score (nSPS) is 11.4. The van der Waals surface area contributed by atoms with Gasteiger partial charge in [-0.1, -0.05) is 48.0 Å². The Balaban J connectivity index is 0.00000261. The van der Waals surface area contributed by atoms with Crippen molar-refractivity contribution in [1.29, 1.82) is 0 Å². The van der Waals surface area contributed by atoms with E-state index < -0.39 is 5.82 Å². The van der Waals surface area contributed by atoms with Crippen molar-refractivity contribution < 1.29 is 13.9 Å². The summed E-state index contributed by atoms with van der Waals surface area (Å²) in [5, 5.41) is 0.578. The minimum Gasteiger partial charge on any atom is -0.488 e. The zero-order valence-corrected chi connectivity index (χ0v) is 16.1. The lowest BCUT2D eigenvalue weighted by Gasteiger charge is -2.16. The Hall–Kier alpha value is -2.27. The molecule has 2 N–H and O–H groups in total. The summed E-state index contributed by atoms with van der Waals surface area (Å²) in [4.78, 5) is 0. The maximum atomic E-state index is 14.2. The number of para-hydroxylation sites is 1. The van der Waals surface area contributed by atoms with Gasteiger partial charge in [-0.3, -0.25) is 0 Å². The van der Waals surface area contributed by atoms with Crippen molar-refractivity contribution in [3.8, 4) is 17.2 Å². The maximum Gasteiger partial charge on any atom is 0.204 e. The molecule has 0 unspecified atom stereocenters. The molecule has 0 aliphatic heterocycles. The highest BCUT2D eigenvalue weighted by Crippen LogP contribution is 2.34. The second kappa shape index (κ2) is 10.2. The van der Waals surface area contributed by atoms with Gasteiger partial charge in [-0.25, -0.2) is 4.39 Å². The van der Waals surface area contributed by atoms with Crippen molar-refractivity contribution in [2.75, 3.05) is 6.61 Å². The van der Waals surface area contributed by atoms with E-state index in [0.717, 1.165) is 5.56 Å². The van der Waals surface area contributed by atoms with E-state index in [2.05, 4.69) is 0 Å². The van der Waals surface area contributed by atoms with Gasteiger partial charge in [0.2, 0.25) is 5.75 Å². The molecule has 0 saturated heterocycles. The lowest BCUT2D eigenvalue weighted by atomic mass is 10.1. The number of hydrogen-bond acceptors (Lipinski definition) is 3. The molecule has 0 amide bonds. The van der Waals surface area contributed by atoms with Crippen molar-refractivity contribution in [3.05, 3.63) is 89.2 Å². The fraction of sp³-hybridized carbons (Fsp3) is 0.143. The fourth-order valence-corrected chi connectivity index (χ4v) is 2.62. The summed E-state index contributed by atoms with van der Waals surface area (Å²) in [5.74, 6) is 0.303. The molecule has 0 aliphatic carbocycles. The van der Waals surface area contributed by atoms with E-state index in [1.165, 1.54) is 6.07 Å². The average Bonchev–Trinajstić information content (AvgIpc) is 2.65. The Kier molecular flexibility index (Phi) is 7.92.